The summed E-state index contributed by atoms with van der Waals surface area (Å²) in [5.74, 6) is -0.138. The van der Waals surface area contributed by atoms with E-state index in [0.29, 0.717) is 16.8 Å². The molecule has 0 bridgehead atoms. The molecule has 1 aliphatic rings. The average molecular weight is 423 g/mol. The van der Waals surface area contributed by atoms with Crippen LogP contribution < -0.4 is 16.2 Å². The van der Waals surface area contributed by atoms with Crippen LogP contribution in [0.3, 0.4) is 0 Å². The molecule has 0 fully saturated rings. The van der Waals surface area contributed by atoms with E-state index in [1.54, 1.807) is 30.3 Å². The number of carbonyl (C=O) groups is 3. The average Bonchev–Trinajstić information content (AvgIpc) is 3.06. The topological polar surface area (TPSA) is 105 Å². The summed E-state index contributed by atoms with van der Waals surface area (Å²) < 4.78 is 2.06. The number of aryl methyl sites for hydroxylation is 2. The molecule has 3 aromatic rings. The summed E-state index contributed by atoms with van der Waals surface area (Å²) in [6.45, 7) is 6.58. The Morgan fingerprint density at radius 3 is 2.50 bits per heavy atom. The van der Waals surface area contributed by atoms with E-state index >= 15 is 0 Å². The minimum atomic E-state index is -0.476. The monoisotopic (exact) mass is 423 g/mol. The maximum atomic E-state index is 12.5. The molecule has 0 radical (unpaired) electrons. The van der Waals surface area contributed by atoms with Gasteiger partial charge in [-0.2, -0.15) is 0 Å². The van der Waals surface area contributed by atoms with Crippen LogP contribution >= 0.6 is 11.8 Å². The number of hydrogen-bond acceptors (Lipinski definition) is 5. The predicted octanol–water partition coefficient (Wildman–Crippen LogP) is 2.87. The van der Waals surface area contributed by atoms with Gasteiger partial charge in [-0.1, -0.05) is 0 Å². The van der Waals surface area contributed by atoms with Gasteiger partial charge in [0.25, 0.3) is 11.8 Å². The van der Waals surface area contributed by atoms with Crippen LogP contribution in [0.15, 0.2) is 41.3 Å². The van der Waals surface area contributed by atoms with Crippen LogP contribution in [0.1, 0.15) is 40.4 Å². The fourth-order valence-corrected chi connectivity index (χ4v) is 4.33. The minimum absolute atomic E-state index is 0.102. The fraction of sp³-hybridized carbons (Fsp3) is 0.238. The lowest BCUT2D eigenvalue weighted by Crippen LogP contribution is -2.41. The fourth-order valence-electron chi connectivity index (χ4n) is 3.40. The number of aromatic nitrogens is 2. The molecule has 1 atom stereocenters. The van der Waals surface area contributed by atoms with E-state index < -0.39 is 11.8 Å². The summed E-state index contributed by atoms with van der Waals surface area (Å²) in [6.07, 6.45) is 0. The number of carbonyl (C=O) groups excluding carboxylic acids is 3. The van der Waals surface area contributed by atoms with Crippen molar-refractivity contribution in [3.05, 3.63) is 53.3 Å². The molecule has 0 saturated carbocycles. The Morgan fingerprint density at radius 2 is 1.80 bits per heavy atom. The molecule has 8 nitrogen and oxygen atoms in total. The number of rotatable bonds is 3. The molecule has 0 aliphatic carbocycles. The number of imidazole rings is 1. The molecule has 2 aromatic carbocycles. The van der Waals surface area contributed by atoms with Crippen LogP contribution in [0.25, 0.3) is 11.0 Å². The number of anilines is 1. The second-order valence-electron chi connectivity index (χ2n) is 6.98. The molecular formula is C21H21N5O3S. The molecule has 3 amide bonds. The normalized spacial score (nSPS) is 15.4. The van der Waals surface area contributed by atoms with Crippen molar-refractivity contribution in [2.45, 2.75) is 37.5 Å². The first-order chi connectivity index (χ1) is 14.4. The number of benzene rings is 2. The molecule has 0 spiro atoms. The highest BCUT2D eigenvalue weighted by Gasteiger charge is 2.24. The van der Waals surface area contributed by atoms with Crippen molar-refractivity contribution in [3.8, 4) is 0 Å². The smallest absolute Gasteiger partial charge is 0.269 e. The van der Waals surface area contributed by atoms with E-state index in [1.165, 1.54) is 11.8 Å². The van der Waals surface area contributed by atoms with E-state index in [0.717, 1.165) is 28.3 Å². The van der Waals surface area contributed by atoms with E-state index in [9.17, 15) is 14.4 Å². The van der Waals surface area contributed by atoms with Crippen molar-refractivity contribution in [2.75, 3.05) is 5.32 Å². The highest BCUT2D eigenvalue weighted by molar-refractivity contribution is 8.00. The first-order valence-corrected chi connectivity index (χ1v) is 10.4. The molecule has 154 valence electrons. The van der Waals surface area contributed by atoms with Gasteiger partial charge in [-0.05, 0) is 57.2 Å². The van der Waals surface area contributed by atoms with Gasteiger partial charge in [-0.3, -0.25) is 25.2 Å². The summed E-state index contributed by atoms with van der Waals surface area (Å²) >= 11 is 1.44. The van der Waals surface area contributed by atoms with E-state index in [2.05, 4.69) is 25.7 Å². The van der Waals surface area contributed by atoms with Gasteiger partial charge in [0.1, 0.15) is 5.82 Å². The van der Waals surface area contributed by atoms with Crippen molar-refractivity contribution in [2.24, 2.45) is 0 Å². The molecule has 1 aliphatic heterocycles. The van der Waals surface area contributed by atoms with Crippen molar-refractivity contribution in [1.82, 2.24) is 20.4 Å². The summed E-state index contributed by atoms with van der Waals surface area (Å²) in [4.78, 5) is 42.2. The van der Waals surface area contributed by atoms with Gasteiger partial charge in [0, 0.05) is 22.6 Å². The largest absolute Gasteiger partial charge is 0.329 e. The SMILES string of the molecule is CCn1c(C)nc2cc(C(=O)NNC(=O)c3ccc4c(c3)NC(=O)[C@@H](C)S4)ccc21. The number of nitrogens with one attached hydrogen (secondary N) is 3. The third-order valence-corrected chi connectivity index (χ3v) is 6.16. The van der Waals surface area contributed by atoms with Gasteiger partial charge in [-0.15, -0.1) is 11.8 Å². The molecule has 1 aromatic heterocycles. The predicted molar refractivity (Wildman–Crippen MR) is 115 cm³/mol. The Bertz CT molecular complexity index is 1190. The summed E-state index contributed by atoms with van der Waals surface area (Å²) in [5, 5.41) is 2.61. The molecule has 2 heterocycles. The van der Waals surface area contributed by atoms with Crippen LogP contribution in [0.2, 0.25) is 0 Å². The third-order valence-electron chi connectivity index (χ3n) is 4.98. The van der Waals surface area contributed by atoms with Crippen molar-refractivity contribution < 1.29 is 14.4 Å². The molecule has 9 heteroatoms. The van der Waals surface area contributed by atoms with Crippen LogP contribution in [0.5, 0.6) is 0 Å². The van der Waals surface area contributed by atoms with Gasteiger partial charge in [-0.25, -0.2) is 4.98 Å². The lowest BCUT2D eigenvalue weighted by Gasteiger charge is -2.21. The molecule has 30 heavy (non-hydrogen) atoms. The Morgan fingerprint density at radius 1 is 1.13 bits per heavy atom. The Kier molecular flexibility index (Phi) is 5.21. The van der Waals surface area contributed by atoms with Gasteiger partial charge in [0.2, 0.25) is 5.91 Å². The molecule has 4 rings (SSSR count). The zero-order valence-corrected chi connectivity index (χ0v) is 17.6. The van der Waals surface area contributed by atoms with Crippen LogP contribution in [-0.4, -0.2) is 32.5 Å². The van der Waals surface area contributed by atoms with Gasteiger partial charge >= 0.3 is 0 Å². The number of hydrogen-bond donors (Lipinski definition) is 3. The van der Waals surface area contributed by atoms with Gasteiger partial charge in [0.15, 0.2) is 0 Å². The number of hydrazine groups is 1. The van der Waals surface area contributed by atoms with Crippen LogP contribution in [0, 0.1) is 6.92 Å². The van der Waals surface area contributed by atoms with E-state index in [-0.39, 0.29) is 11.2 Å². The highest BCUT2D eigenvalue weighted by Crippen LogP contribution is 2.35. The minimum Gasteiger partial charge on any atom is -0.329 e. The molecule has 0 saturated heterocycles. The summed E-state index contributed by atoms with van der Waals surface area (Å²) in [5.41, 5.74) is 7.85. The first-order valence-electron chi connectivity index (χ1n) is 9.56. The lowest BCUT2D eigenvalue weighted by atomic mass is 10.1. The number of thioether (sulfide) groups is 1. The van der Waals surface area contributed by atoms with Gasteiger partial charge < -0.3 is 9.88 Å². The molecule has 0 unspecified atom stereocenters. The summed E-state index contributed by atoms with van der Waals surface area (Å²) in [7, 11) is 0. The Hall–Kier alpha value is -3.33. The second-order valence-corrected chi connectivity index (χ2v) is 8.36. The maximum Gasteiger partial charge on any atom is 0.269 e. The van der Waals surface area contributed by atoms with Crippen LogP contribution in [-0.2, 0) is 11.3 Å². The summed E-state index contributed by atoms with van der Waals surface area (Å²) in [6, 6.07) is 10.3. The maximum absolute atomic E-state index is 12.5. The Balaban J connectivity index is 1.45. The van der Waals surface area contributed by atoms with Crippen LogP contribution in [0.4, 0.5) is 5.69 Å². The number of fused-ring (bicyclic) bond motifs is 2. The Labute approximate surface area is 177 Å². The standard InChI is InChI=1S/C21H21N5O3S/c1-4-26-12(3)22-15-9-13(5-7-17(15)26)20(28)24-25-21(29)14-6-8-18-16(10-14)23-19(27)11(2)30-18/h5-11H,4H2,1-3H3,(H,23,27)(H,24,28)(H,25,29)/t11-/m1/s1. The number of amides is 3. The molecular weight excluding hydrogens is 402 g/mol. The lowest BCUT2D eigenvalue weighted by molar-refractivity contribution is -0.115. The van der Waals surface area contributed by atoms with E-state index in [1.807, 2.05) is 26.8 Å². The van der Waals surface area contributed by atoms with E-state index in [4.69, 9.17) is 0 Å². The first kappa shape index (κ1) is 20.0. The molecule has 3 N–H and O–H groups in total. The van der Waals surface area contributed by atoms with Crippen molar-refractivity contribution >= 4 is 46.2 Å². The zero-order chi connectivity index (χ0) is 21.4. The third kappa shape index (κ3) is 3.63. The highest BCUT2D eigenvalue weighted by atomic mass is 32.2. The zero-order valence-electron chi connectivity index (χ0n) is 16.8. The van der Waals surface area contributed by atoms with Crippen molar-refractivity contribution in [1.29, 1.82) is 0 Å². The second kappa shape index (κ2) is 7.83. The quantitative estimate of drug-likeness (QED) is 0.562. The van der Waals surface area contributed by atoms with Gasteiger partial charge in [0.05, 0.1) is 22.0 Å². The number of nitrogens with zero attached hydrogens (tertiary/aromatic N) is 2. The van der Waals surface area contributed by atoms with Crippen molar-refractivity contribution in [3.63, 3.8) is 0 Å².